The Hall–Kier alpha value is -1.58. The molecule has 0 spiro atoms. The van der Waals surface area contributed by atoms with Crippen LogP contribution in [0.2, 0.25) is 0 Å². The van der Waals surface area contributed by atoms with Gasteiger partial charge in [-0.25, -0.2) is 4.39 Å². The van der Waals surface area contributed by atoms with E-state index in [2.05, 4.69) is 12.1 Å². The van der Waals surface area contributed by atoms with E-state index in [9.17, 15) is 4.39 Å². The molecule has 0 amide bonds. The summed E-state index contributed by atoms with van der Waals surface area (Å²) in [5, 5.41) is 11.9. The topological polar surface area (TPSA) is 41.8 Å². The Labute approximate surface area is 107 Å². The quantitative estimate of drug-likeness (QED) is 0.345. The standard InChI is InChI=1S/C14H20FNO2/c1-3-4-5-6-9-18-14-10-12(15)7-8-13(14)11(2)16-17/h7-8,10,17H,3-6,9H2,1-2H3. The van der Waals surface area contributed by atoms with Crippen LogP contribution < -0.4 is 4.74 Å². The SMILES string of the molecule is CCCCCCOc1cc(F)ccc1C(C)=NO. The van der Waals surface area contributed by atoms with Gasteiger partial charge in [0.25, 0.3) is 0 Å². The van der Waals surface area contributed by atoms with Gasteiger partial charge in [0.2, 0.25) is 0 Å². The van der Waals surface area contributed by atoms with Crippen LogP contribution in [-0.2, 0) is 0 Å². The lowest BCUT2D eigenvalue weighted by atomic mass is 10.1. The highest BCUT2D eigenvalue weighted by molar-refractivity contribution is 6.00. The first-order valence-electron chi connectivity index (χ1n) is 6.30. The lowest BCUT2D eigenvalue weighted by molar-refractivity contribution is 0.301. The van der Waals surface area contributed by atoms with Gasteiger partial charge in [0.1, 0.15) is 11.6 Å². The van der Waals surface area contributed by atoms with Crippen molar-refractivity contribution in [3.63, 3.8) is 0 Å². The molecule has 0 fully saturated rings. The van der Waals surface area contributed by atoms with Crippen LogP contribution in [0.4, 0.5) is 4.39 Å². The molecule has 1 aromatic rings. The second-order valence-corrected chi connectivity index (χ2v) is 4.24. The first-order chi connectivity index (χ1) is 8.69. The van der Waals surface area contributed by atoms with Crippen molar-refractivity contribution in [3.05, 3.63) is 29.6 Å². The van der Waals surface area contributed by atoms with Gasteiger partial charge in [0.15, 0.2) is 0 Å². The minimum Gasteiger partial charge on any atom is -0.493 e. The van der Waals surface area contributed by atoms with Crippen LogP contribution >= 0.6 is 0 Å². The van der Waals surface area contributed by atoms with Crippen molar-refractivity contribution >= 4 is 5.71 Å². The Morgan fingerprint density at radius 3 is 2.78 bits per heavy atom. The Kier molecular flexibility index (Phi) is 6.19. The summed E-state index contributed by atoms with van der Waals surface area (Å²) in [4.78, 5) is 0. The Bertz CT molecular complexity index is 405. The van der Waals surface area contributed by atoms with Gasteiger partial charge in [0, 0.05) is 11.6 Å². The normalized spacial score (nSPS) is 11.6. The molecule has 0 bridgehead atoms. The molecular weight excluding hydrogens is 233 g/mol. The molecule has 4 heteroatoms. The number of ether oxygens (including phenoxy) is 1. The van der Waals surface area contributed by atoms with Gasteiger partial charge in [-0.15, -0.1) is 0 Å². The van der Waals surface area contributed by atoms with E-state index in [0.717, 1.165) is 12.8 Å². The number of rotatable bonds is 7. The van der Waals surface area contributed by atoms with E-state index in [1.165, 1.54) is 25.0 Å². The maximum absolute atomic E-state index is 13.2. The number of halogens is 1. The lowest BCUT2D eigenvalue weighted by Gasteiger charge is -2.10. The molecule has 100 valence electrons. The lowest BCUT2D eigenvalue weighted by Crippen LogP contribution is -2.04. The molecule has 0 radical (unpaired) electrons. The summed E-state index contributed by atoms with van der Waals surface area (Å²) in [5.74, 6) is 0.0786. The highest BCUT2D eigenvalue weighted by Gasteiger charge is 2.08. The van der Waals surface area contributed by atoms with Crippen LogP contribution in [0.25, 0.3) is 0 Å². The van der Waals surface area contributed by atoms with Crippen LogP contribution in [-0.4, -0.2) is 17.5 Å². The molecule has 0 aromatic heterocycles. The molecule has 0 aliphatic carbocycles. The largest absolute Gasteiger partial charge is 0.493 e. The average Bonchev–Trinajstić information content (AvgIpc) is 2.38. The summed E-state index contributed by atoms with van der Waals surface area (Å²) < 4.78 is 18.7. The number of hydrogen-bond acceptors (Lipinski definition) is 3. The van der Waals surface area contributed by atoms with Crippen LogP contribution in [0, 0.1) is 5.82 Å². The van der Waals surface area contributed by atoms with Gasteiger partial charge in [-0.2, -0.15) is 0 Å². The van der Waals surface area contributed by atoms with Gasteiger partial charge in [-0.1, -0.05) is 31.3 Å². The van der Waals surface area contributed by atoms with E-state index < -0.39 is 0 Å². The minimum absolute atomic E-state index is 0.354. The molecule has 0 saturated carbocycles. The smallest absolute Gasteiger partial charge is 0.131 e. The second-order valence-electron chi connectivity index (χ2n) is 4.24. The Morgan fingerprint density at radius 2 is 2.11 bits per heavy atom. The molecule has 0 heterocycles. The van der Waals surface area contributed by atoms with E-state index in [-0.39, 0.29) is 5.82 Å². The average molecular weight is 253 g/mol. The van der Waals surface area contributed by atoms with Gasteiger partial charge in [-0.05, 0) is 25.5 Å². The summed E-state index contributed by atoms with van der Waals surface area (Å²) in [6.45, 7) is 4.35. The van der Waals surface area contributed by atoms with Gasteiger partial charge >= 0.3 is 0 Å². The number of unbranched alkanes of at least 4 members (excludes halogenated alkanes) is 3. The second kappa shape index (κ2) is 7.69. The molecule has 0 unspecified atom stereocenters. The summed E-state index contributed by atoms with van der Waals surface area (Å²) in [7, 11) is 0. The van der Waals surface area contributed by atoms with E-state index in [1.54, 1.807) is 13.0 Å². The summed E-state index contributed by atoms with van der Waals surface area (Å²) in [6.07, 6.45) is 4.39. The number of hydrogen-bond donors (Lipinski definition) is 1. The summed E-state index contributed by atoms with van der Waals surface area (Å²) in [6, 6.07) is 4.21. The molecule has 0 atom stereocenters. The van der Waals surface area contributed by atoms with Crippen LogP contribution in [0.1, 0.15) is 45.1 Å². The third-order valence-electron chi connectivity index (χ3n) is 2.74. The maximum Gasteiger partial charge on any atom is 0.131 e. The molecule has 3 nitrogen and oxygen atoms in total. The van der Waals surface area contributed by atoms with Crippen LogP contribution in [0.5, 0.6) is 5.75 Å². The Morgan fingerprint density at radius 1 is 1.33 bits per heavy atom. The number of oxime groups is 1. The fourth-order valence-corrected chi connectivity index (χ4v) is 1.68. The molecular formula is C14H20FNO2. The summed E-state index contributed by atoms with van der Waals surface area (Å²) in [5.41, 5.74) is 1.04. The zero-order valence-electron chi connectivity index (χ0n) is 10.9. The molecule has 18 heavy (non-hydrogen) atoms. The van der Waals surface area contributed by atoms with Crippen molar-refractivity contribution in [3.8, 4) is 5.75 Å². The molecule has 0 aliphatic rings. The zero-order chi connectivity index (χ0) is 13.4. The minimum atomic E-state index is -0.354. The van der Waals surface area contributed by atoms with Gasteiger partial charge in [-0.3, -0.25) is 0 Å². The molecule has 1 aromatic carbocycles. The fraction of sp³-hybridized carbons (Fsp3) is 0.500. The van der Waals surface area contributed by atoms with Gasteiger partial charge < -0.3 is 9.94 Å². The molecule has 1 N–H and O–H groups in total. The van der Waals surface area contributed by atoms with Crippen molar-refractivity contribution in [2.24, 2.45) is 5.16 Å². The third kappa shape index (κ3) is 4.35. The van der Waals surface area contributed by atoms with Gasteiger partial charge in [0.05, 0.1) is 12.3 Å². The molecule has 0 aliphatic heterocycles. The zero-order valence-corrected chi connectivity index (χ0v) is 10.9. The van der Waals surface area contributed by atoms with E-state index in [0.29, 0.717) is 23.6 Å². The van der Waals surface area contributed by atoms with E-state index >= 15 is 0 Å². The number of nitrogens with zero attached hydrogens (tertiary/aromatic N) is 1. The molecule has 1 rings (SSSR count). The first-order valence-corrected chi connectivity index (χ1v) is 6.30. The number of benzene rings is 1. The van der Waals surface area contributed by atoms with Crippen molar-refractivity contribution in [1.29, 1.82) is 0 Å². The summed E-state index contributed by atoms with van der Waals surface area (Å²) >= 11 is 0. The predicted molar refractivity (Wildman–Crippen MR) is 70.0 cm³/mol. The molecule has 0 saturated heterocycles. The van der Waals surface area contributed by atoms with Crippen molar-refractivity contribution in [2.75, 3.05) is 6.61 Å². The van der Waals surface area contributed by atoms with Crippen molar-refractivity contribution in [2.45, 2.75) is 39.5 Å². The highest BCUT2D eigenvalue weighted by Crippen LogP contribution is 2.21. The fourth-order valence-electron chi connectivity index (χ4n) is 1.68. The van der Waals surface area contributed by atoms with Crippen molar-refractivity contribution in [1.82, 2.24) is 0 Å². The monoisotopic (exact) mass is 253 g/mol. The maximum atomic E-state index is 13.2. The van der Waals surface area contributed by atoms with Crippen molar-refractivity contribution < 1.29 is 14.3 Å². The highest BCUT2D eigenvalue weighted by atomic mass is 19.1. The third-order valence-corrected chi connectivity index (χ3v) is 2.74. The first kappa shape index (κ1) is 14.5. The van der Waals surface area contributed by atoms with Crippen LogP contribution in [0.3, 0.4) is 0 Å². The Balaban J connectivity index is 2.65. The van der Waals surface area contributed by atoms with E-state index in [1.807, 2.05) is 0 Å². The predicted octanol–water partition coefficient (Wildman–Crippen LogP) is 3.98. The van der Waals surface area contributed by atoms with E-state index in [4.69, 9.17) is 9.94 Å². The van der Waals surface area contributed by atoms with Crippen LogP contribution in [0.15, 0.2) is 23.4 Å².